The molecule has 3 nitrogen and oxygen atoms in total. The molecule has 3 heteroatoms. The highest BCUT2D eigenvalue weighted by atomic mass is 15.0. The summed E-state index contributed by atoms with van der Waals surface area (Å²) in [6.07, 6.45) is 0. The number of aromatic nitrogens is 3. The molecule has 8 aromatic carbocycles. The van der Waals surface area contributed by atoms with Gasteiger partial charge in [-0.25, -0.2) is 15.0 Å². The summed E-state index contributed by atoms with van der Waals surface area (Å²) in [4.78, 5) is 16.2. The first kappa shape index (κ1) is 31.3. The Hall–Kier alpha value is -7.23. The molecule has 1 heterocycles. The van der Waals surface area contributed by atoms with Gasteiger partial charge in [-0.15, -0.1) is 0 Å². The fraction of sp³-hybridized carbons (Fsp3) is 0.0192. The van der Waals surface area contributed by atoms with E-state index in [-0.39, 0.29) is 0 Å². The zero-order valence-electron chi connectivity index (χ0n) is 29.9. The fourth-order valence-electron chi connectivity index (χ4n) is 9.16. The Morgan fingerprint density at radius 3 is 1.05 bits per heavy atom. The maximum absolute atomic E-state index is 5.42. The van der Waals surface area contributed by atoms with Crippen molar-refractivity contribution in [2.45, 2.75) is 5.41 Å². The predicted octanol–water partition coefficient (Wildman–Crippen LogP) is 12.6. The highest BCUT2D eigenvalue weighted by Gasteiger charge is 2.52. The Kier molecular flexibility index (Phi) is 7.08. The Labute approximate surface area is 320 Å². The SMILES string of the molecule is c1ccc(-c2ccccc2-c2nc(-c3ccccc3-c3ccccc3)nc(-c3cccc4c3-c3ccccc3C43c4ccccc4-c4ccccc43)n2)cc1. The smallest absolute Gasteiger partial charge is 0.164 e. The molecule has 0 atom stereocenters. The van der Waals surface area contributed by atoms with Crippen LogP contribution in [0.1, 0.15) is 22.3 Å². The highest BCUT2D eigenvalue weighted by molar-refractivity contribution is 5.99. The minimum Gasteiger partial charge on any atom is -0.208 e. The summed E-state index contributed by atoms with van der Waals surface area (Å²) < 4.78 is 0. The lowest BCUT2D eigenvalue weighted by atomic mass is 9.70. The lowest BCUT2D eigenvalue weighted by Crippen LogP contribution is -2.25. The molecule has 0 aliphatic heterocycles. The van der Waals surface area contributed by atoms with Gasteiger partial charge in [0.25, 0.3) is 0 Å². The number of hydrogen-bond acceptors (Lipinski definition) is 3. The summed E-state index contributed by atoms with van der Waals surface area (Å²) in [5, 5.41) is 0. The van der Waals surface area contributed by atoms with Gasteiger partial charge in [0.1, 0.15) is 0 Å². The normalized spacial score (nSPS) is 12.9. The summed E-state index contributed by atoms with van der Waals surface area (Å²) in [6.45, 7) is 0. The zero-order valence-corrected chi connectivity index (χ0v) is 29.9. The van der Waals surface area contributed by atoms with Crippen LogP contribution in [0.2, 0.25) is 0 Å². The van der Waals surface area contributed by atoms with E-state index in [0.29, 0.717) is 17.5 Å². The van der Waals surface area contributed by atoms with E-state index in [0.717, 1.165) is 38.9 Å². The molecule has 55 heavy (non-hydrogen) atoms. The van der Waals surface area contributed by atoms with Crippen molar-refractivity contribution in [2.75, 3.05) is 0 Å². The van der Waals surface area contributed by atoms with Crippen LogP contribution in [0.25, 0.3) is 78.7 Å². The van der Waals surface area contributed by atoms with Gasteiger partial charge < -0.3 is 0 Å². The van der Waals surface area contributed by atoms with Gasteiger partial charge in [0.2, 0.25) is 0 Å². The zero-order chi connectivity index (χ0) is 36.3. The Morgan fingerprint density at radius 2 is 0.564 bits per heavy atom. The molecule has 0 fully saturated rings. The molecule has 0 amide bonds. The van der Waals surface area contributed by atoms with Gasteiger partial charge in [-0.3, -0.25) is 0 Å². The number of hydrogen-bond donors (Lipinski definition) is 0. The predicted molar refractivity (Wildman–Crippen MR) is 223 cm³/mol. The first-order valence-corrected chi connectivity index (χ1v) is 18.8. The second-order valence-electron chi connectivity index (χ2n) is 14.2. The minimum atomic E-state index is -0.465. The molecule has 0 saturated heterocycles. The third-order valence-corrected chi connectivity index (χ3v) is 11.4. The lowest BCUT2D eigenvalue weighted by molar-refractivity contribution is 0.794. The van der Waals surface area contributed by atoms with Crippen LogP contribution in [0.4, 0.5) is 0 Å². The van der Waals surface area contributed by atoms with E-state index in [1.165, 1.54) is 44.5 Å². The van der Waals surface area contributed by atoms with E-state index in [9.17, 15) is 0 Å². The third kappa shape index (κ3) is 4.66. The molecule has 0 unspecified atom stereocenters. The van der Waals surface area contributed by atoms with Crippen molar-refractivity contribution < 1.29 is 0 Å². The Balaban J connectivity index is 1.21. The Bertz CT molecular complexity index is 2780. The van der Waals surface area contributed by atoms with Gasteiger partial charge in [-0.2, -0.15) is 0 Å². The van der Waals surface area contributed by atoms with Crippen molar-refractivity contribution in [3.05, 3.63) is 222 Å². The van der Waals surface area contributed by atoms with Crippen molar-refractivity contribution in [1.29, 1.82) is 0 Å². The molecule has 0 N–H and O–H groups in total. The largest absolute Gasteiger partial charge is 0.208 e. The average Bonchev–Trinajstić information content (AvgIpc) is 3.74. The van der Waals surface area contributed by atoms with Gasteiger partial charge >= 0.3 is 0 Å². The Morgan fingerprint density at radius 1 is 0.236 bits per heavy atom. The van der Waals surface area contributed by atoms with Gasteiger partial charge in [-0.05, 0) is 66.8 Å². The van der Waals surface area contributed by atoms with Crippen LogP contribution in [0.3, 0.4) is 0 Å². The molecule has 9 aromatic rings. The molecule has 1 spiro atoms. The maximum atomic E-state index is 5.42. The van der Waals surface area contributed by atoms with Crippen molar-refractivity contribution >= 4 is 0 Å². The lowest BCUT2D eigenvalue weighted by Gasteiger charge is -2.30. The molecule has 2 aliphatic rings. The summed E-state index contributed by atoms with van der Waals surface area (Å²) in [7, 11) is 0. The summed E-state index contributed by atoms with van der Waals surface area (Å²) in [5.74, 6) is 1.92. The number of benzene rings is 8. The number of fused-ring (bicyclic) bond motifs is 10. The van der Waals surface area contributed by atoms with Crippen molar-refractivity contribution in [3.63, 3.8) is 0 Å². The standard InChI is InChI=1S/C52H33N3/c1-3-18-34(19-4-1)36-22-7-9-26-40(36)49-53-50(41-27-10-8-23-37(41)35-20-5-2-6-21-35)55-51(54-49)43-29-17-33-47-48(43)42-28-13-16-32-46(42)52(47)44-30-14-11-24-38(44)39-25-12-15-31-45(39)52/h1-33H. The molecule has 0 bridgehead atoms. The van der Waals surface area contributed by atoms with Gasteiger partial charge in [-0.1, -0.05) is 200 Å². The van der Waals surface area contributed by atoms with Crippen molar-refractivity contribution in [3.8, 4) is 78.7 Å². The van der Waals surface area contributed by atoms with Crippen LogP contribution >= 0.6 is 0 Å². The van der Waals surface area contributed by atoms with E-state index in [4.69, 9.17) is 15.0 Å². The number of nitrogens with zero attached hydrogens (tertiary/aromatic N) is 3. The van der Waals surface area contributed by atoms with Gasteiger partial charge in [0, 0.05) is 16.7 Å². The summed E-state index contributed by atoms with van der Waals surface area (Å²) in [5.41, 5.74) is 16.9. The van der Waals surface area contributed by atoms with E-state index in [1.54, 1.807) is 0 Å². The quantitative estimate of drug-likeness (QED) is 0.179. The van der Waals surface area contributed by atoms with Crippen molar-refractivity contribution in [2.24, 2.45) is 0 Å². The number of rotatable bonds is 5. The molecular weight excluding hydrogens is 667 g/mol. The third-order valence-electron chi connectivity index (χ3n) is 11.4. The van der Waals surface area contributed by atoms with Crippen LogP contribution in [0.15, 0.2) is 200 Å². The van der Waals surface area contributed by atoms with E-state index < -0.39 is 5.41 Å². The first-order chi connectivity index (χ1) is 27.3. The average molecular weight is 700 g/mol. The van der Waals surface area contributed by atoms with Gasteiger partial charge in [0.15, 0.2) is 17.5 Å². The molecule has 256 valence electrons. The minimum absolute atomic E-state index is 0.465. The van der Waals surface area contributed by atoms with Crippen LogP contribution in [0.5, 0.6) is 0 Å². The molecule has 11 rings (SSSR count). The van der Waals surface area contributed by atoms with Crippen LogP contribution in [-0.2, 0) is 5.41 Å². The van der Waals surface area contributed by atoms with E-state index in [2.05, 4.69) is 188 Å². The molecule has 0 saturated carbocycles. The van der Waals surface area contributed by atoms with E-state index >= 15 is 0 Å². The van der Waals surface area contributed by atoms with Crippen LogP contribution in [0, 0.1) is 0 Å². The molecule has 0 radical (unpaired) electrons. The second-order valence-corrected chi connectivity index (χ2v) is 14.2. The second kappa shape index (κ2) is 12.4. The maximum Gasteiger partial charge on any atom is 0.164 e. The van der Waals surface area contributed by atoms with Crippen molar-refractivity contribution in [1.82, 2.24) is 15.0 Å². The fourth-order valence-corrected chi connectivity index (χ4v) is 9.16. The molecule has 2 aliphatic carbocycles. The highest BCUT2D eigenvalue weighted by Crippen LogP contribution is 2.63. The summed E-state index contributed by atoms with van der Waals surface area (Å²) >= 11 is 0. The van der Waals surface area contributed by atoms with Crippen LogP contribution in [-0.4, -0.2) is 15.0 Å². The topological polar surface area (TPSA) is 38.7 Å². The van der Waals surface area contributed by atoms with Gasteiger partial charge in [0.05, 0.1) is 5.41 Å². The molecule has 1 aromatic heterocycles. The first-order valence-electron chi connectivity index (χ1n) is 18.8. The van der Waals surface area contributed by atoms with E-state index in [1.807, 2.05) is 12.1 Å². The monoisotopic (exact) mass is 699 g/mol. The van der Waals surface area contributed by atoms with Crippen LogP contribution < -0.4 is 0 Å². The molecular formula is C52H33N3. The summed E-state index contributed by atoms with van der Waals surface area (Å²) in [6, 6.07) is 71.3.